The maximum absolute atomic E-state index is 12.9. The van der Waals surface area contributed by atoms with Gasteiger partial charge in [-0.15, -0.1) is 20.4 Å². The Bertz CT molecular complexity index is 1190. The monoisotopic (exact) mass is 506 g/mol. The van der Waals surface area contributed by atoms with Crippen LogP contribution in [-0.2, 0) is 17.9 Å². The van der Waals surface area contributed by atoms with E-state index < -0.39 is 0 Å². The summed E-state index contributed by atoms with van der Waals surface area (Å²) in [6.45, 7) is 5.36. The molecule has 4 fully saturated rings. The minimum Gasteiger partial charge on any atom is -0.352 e. The molecule has 4 bridgehead atoms. The number of nitrogens with one attached hydrogen (secondary N) is 1. The maximum Gasteiger partial charge on any atom is 0.230 e. The largest absolute Gasteiger partial charge is 0.352 e. The number of tetrazole rings is 1. The van der Waals surface area contributed by atoms with Crippen molar-refractivity contribution in [3.05, 3.63) is 36.2 Å². The van der Waals surface area contributed by atoms with Crippen LogP contribution in [0.3, 0.4) is 0 Å². The molecule has 1 aromatic carbocycles. The van der Waals surface area contributed by atoms with Crippen molar-refractivity contribution >= 4 is 17.7 Å². The highest BCUT2D eigenvalue weighted by atomic mass is 32.2. The van der Waals surface area contributed by atoms with E-state index in [-0.39, 0.29) is 11.9 Å². The molecule has 1 N–H and O–H groups in total. The summed E-state index contributed by atoms with van der Waals surface area (Å²) >= 11 is 1.44. The summed E-state index contributed by atoms with van der Waals surface area (Å²) in [7, 11) is 0. The Morgan fingerprint density at radius 1 is 1.08 bits per heavy atom. The zero-order valence-corrected chi connectivity index (χ0v) is 21.8. The van der Waals surface area contributed by atoms with Gasteiger partial charge in [0.2, 0.25) is 11.7 Å². The van der Waals surface area contributed by atoms with Crippen molar-refractivity contribution in [3.8, 4) is 11.4 Å². The molecule has 7 rings (SSSR count). The van der Waals surface area contributed by atoms with Crippen molar-refractivity contribution in [2.45, 2.75) is 76.7 Å². The van der Waals surface area contributed by atoms with Crippen molar-refractivity contribution in [1.29, 1.82) is 0 Å². The number of carbonyl (C=O) groups is 1. The van der Waals surface area contributed by atoms with E-state index in [0.29, 0.717) is 30.1 Å². The molecule has 2 heterocycles. The van der Waals surface area contributed by atoms with E-state index in [1.165, 1.54) is 55.1 Å². The lowest BCUT2D eigenvalue weighted by molar-refractivity contribution is -0.123. The SMILES string of the molecule is CCn1c(Cn2nnc(-c3ccccc3)n2)nnc1SCC(=O)N[C@@H](C)C12CC3CC(CC(C3)C1)C2. The van der Waals surface area contributed by atoms with Crippen LogP contribution in [0.1, 0.15) is 58.2 Å². The van der Waals surface area contributed by atoms with Crippen molar-refractivity contribution in [2.75, 3.05) is 5.75 Å². The second kappa shape index (κ2) is 9.61. The Morgan fingerprint density at radius 2 is 1.78 bits per heavy atom. The van der Waals surface area contributed by atoms with Gasteiger partial charge in [0.05, 0.1) is 5.75 Å². The standard InChI is InChI=1S/C26H34N8OS/c1-3-33-22(15-34-31-24(29-32-34)21-7-5-4-6-8-21)28-30-25(33)36-16-23(35)27-17(2)26-12-18-9-19(13-26)11-20(10-18)14-26/h4-8,17-20H,3,9-16H2,1-2H3,(H,27,35)/t17-,18?,19?,20?,26?/m0/s1. The lowest BCUT2D eigenvalue weighted by atomic mass is 9.48. The zero-order chi connectivity index (χ0) is 24.7. The highest BCUT2D eigenvalue weighted by molar-refractivity contribution is 7.99. The van der Waals surface area contributed by atoms with E-state index >= 15 is 0 Å². The zero-order valence-electron chi connectivity index (χ0n) is 21.0. The van der Waals surface area contributed by atoms with E-state index in [1.54, 1.807) is 0 Å². The summed E-state index contributed by atoms with van der Waals surface area (Å²) in [6, 6.07) is 10.0. The summed E-state index contributed by atoms with van der Waals surface area (Å²) in [6.07, 6.45) is 8.14. The fourth-order valence-electron chi connectivity index (χ4n) is 7.27. The van der Waals surface area contributed by atoms with Gasteiger partial charge in [-0.25, -0.2) is 0 Å². The first-order chi connectivity index (χ1) is 17.5. The smallest absolute Gasteiger partial charge is 0.230 e. The van der Waals surface area contributed by atoms with Gasteiger partial charge >= 0.3 is 0 Å². The average molecular weight is 507 g/mol. The average Bonchev–Trinajstić information content (AvgIpc) is 3.49. The van der Waals surface area contributed by atoms with Crippen molar-refractivity contribution in [1.82, 2.24) is 40.3 Å². The van der Waals surface area contributed by atoms with E-state index in [9.17, 15) is 4.79 Å². The predicted octanol–water partition coefficient (Wildman–Crippen LogP) is 3.81. The van der Waals surface area contributed by atoms with Crippen LogP contribution in [0, 0.1) is 23.2 Å². The highest BCUT2D eigenvalue weighted by Crippen LogP contribution is 2.61. The van der Waals surface area contributed by atoms with Gasteiger partial charge in [0.15, 0.2) is 11.0 Å². The number of hydrogen-bond acceptors (Lipinski definition) is 7. The van der Waals surface area contributed by atoms with Gasteiger partial charge in [-0.05, 0) is 80.8 Å². The molecule has 36 heavy (non-hydrogen) atoms. The number of carbonyl (C=O) groups excluding carboxylic acids is 1. The number of hydrogen-bond donors (Lipinski definition) is 1. The van der Waals surface area contributed by atoms with E-state index in [2.05, 4.69) is 44.8 Å². The molecule has 4 aliphatic carbocycles. The van der Waals surface area contributed by atoms with Crippen LogP contribution < -0.4 is 5.32 Å². The van der Waals surface area contributed by atoms with Crippen LogP contribution in [0.15, 0.2) is 35.5 Å². The van der Waals surface area contributed by atoms with Crippen LogP contribution in [0.4, 0.5) is 0 Å². The number of aromatic nitrogens is 7. The van der Waals surface area contributed by atoms with Crippen molar-refractivity contribution < 1.29 is 4.79 Å². The van der Waals surface area contributed by atoms with E-state index in [1.807, 2.05) is 34.9 Å². The number of rotatable bonds is 9. The lowest BCUT2D eigenvalue weighted by Gasteiger charge is -2.59. The van der Waals surface area contributed by atoms with Crippen molar-refractivity contribution in [3.63, 3.8) is 0 Å². The first-order valence-corrected chi connectivity index (χ1v) is 14.2. The summed E-state index contributed by atoms with van der Waals surface area (Å²) < 4.78 is 2.02. The van der Waals surface area contributed by atoms with Gasteiger partial charge in [-0.1, -0.05) is 42.1 Å². The molecule has 0 saturated heterocycles. The number of nitrogens with zero attached hydrogens (tertiary/aromatic N) is 7. The topological polar surface area (TPSA) is 103 Å². The van der Waals surface area contributed by atoms with Crippen LogP contribution in [0.25, 0.3) is 11.4 Å². The number of thioether (sulfide) groups is 1. The van der Waals surface area contributed by atoms with Crippen LogP contribution in [0.2, 0.25) is 0 Å². The fraction of sp³-hybridized carbons (Fsp3) is 0.615. The highest BCUT2D eigenvalue weighted by Gasteiger charge is 2.53. The van der Waals surface area contributed by atoms with E-state index in [4.69, 9.17) is 0 Å². The molecule has 0 unspecified atom stereocenters. The molecular weight excluding hydrogens is 472 g/mol. The minimum absolute atomic E-state index is 0.0842. The quantitative estimate of drug-likeness (QED) is 0.440. The maximum atomic E-state index is 12.9. The summed E-state index contributed by atoms with van der Waals surface area (Å²) in [5.74, 6) is 4.41. The van der Waals surface area contributed by atoms with Gasteiger partial charge < -0.3 is 9.88 Å². The molecular formula is C26H34N8OS. The van der Waals surface area contributed by atoms with Crippen LogP contribution >= 0.6 is 11.8 Å². The second-order valence-electron chi connectivity index (χ2n) is 11.0. The minimum atomic E-state index is 0.0842. The molecule has 190 valence electrons. The number of benzene rings is 1. The van der Waals surface area contributed by atoms with Gasteiger partial charge in [-0.2, -0.15) is 4.80 Å². The molecule has 0 radical (unpaired) electrons. The Labute approximate surface area is 215 Å². The van der Waals surface area contributed by atoms with Crippen LogP contribution in [-0.4, -0.2) is 52.7 Å². The van der Waals surface area contributed by atoms with Gasteiger partial charge in [0.25, 0.3) is 0 Å². The summed E-state index contributed by atoms with van der Waals surface area (Å²) in [5, 5.41) is 25.7. The third-order valence-electron chi connectivity index (χ3n) is 8.59. The third kappa shape index (κ3) is 4.55. The molecule has 0 spiro atoms. The van der Waals surface area contributed by atoms with E-state index in [0.717, 1.165) is 34.3 Å². The van der Waals surface area contributed by atoms with Crippen molar-refractivity contribution in [2.24, 2.45) is 23.2 Å². The Hall–Kier alpha value is -2.75. The molecule has 10 heteroatoms. The molecule has 3 aromatic rings. The fourth-order valence-corrected chi connectivity index (χ4v) is 8.11. The lowest BCUT2D eigenvalue weighted by Crippen LogP contribution is -2.56. The summed E-state index contributed by atoms with van der Waals surface area (Å²) in [4.78, 5) is 14.5. The van der Waals surface area contributed by atoms with Gasteiger partial charge in [0.1, 0.15) is 6.54 Å². The first-order valence-electron chi connectivity index (χ1n) is 13.2. The third-order valence-corrected chi connectivity index (χ3v) is 9.56. The normalized spacial score (nSPS) is 27.3. The van der Waals surface area contributed by atoms with Gasteiger partial charge in [-0.3, -0.25) is 4.79 Å². The molecule has 4 aliphatic rings. The molecule has 1 atom stereocenters. The molecule has 0 aliphatic heterocycles. The van der Waals surface area contributed by atoms with Crippen LogP contribution in [0.5, 0.6) is 0 Å². The first kappa shape index (κ1) is 23.6. The predicted molar refractivity (Wildman–Crippen MR) is 137 cm³/mol. The Morgan fingerprint density at radius 3 is 2.44 bits per heavy atom. The Kier molecular flexibility index (Phi) is 6.31. The molecule has 2 aromatic heterocycles. The summed E-state index contributed by atoms with van der Waals surface area (Å²) in [5.41, 5.74) is 1.24. The molecule has 4 saturated carbocycles. The second-order valence-corrected chi connectivity index (χ2v) is 12.0. The van der Waals surface area contributed by atoms with Gasteiger partial charge in [0, 0.05) is 18.2 Å². The molecule has 1 amide bonds. The Balaban J connectivity index is 1.06. The molecule has 9 nitrogen and oxygen atoms in total. The number of amides is 1.